The van der Waals surface area contributed by atoms with Crippen molar-refractivity contribution in [3.63, 3.8) is 0 Å². The van der Waals surface area contributed by atoms with Gasteiger partial charge in [-0.25, -0.2) is 9.78 Å². The number of nitrogens with zero attached hydrogens (tertiary/aromatic N) is 3. The number of pyridine rings is 1. The van der Waals surface area contributed by atoms with E-state index in [9.17, 15) is 4.79 Å². The summed E-state index contributed by atoms with van der Waals surface area (Å²) in [5.41, 5.74) is 0.140. The van der Waals surface area contributed by atoms with E-state index in [1.807, 2.05) is 26.8 Å². The molecule has 2 rings (SSSR count). The van der Waals surface area contributed by atoms with E-state index in [-0.39, 0.29) is 6.09 Å². The first-order valence-electron chi connectivity index (χ1n) is 7.04. The van der Waals surface area contributed by atoms with Crippen LogP contribution in [-0.4, -0.2) is 42.8 Å². The summed E-state index contributed by atoms with van der Waals surface area (Å²) in [6.07, 6.45) is 1.43. The molecule has 6 nitrogen and oxygen atoms in total. The highest BCUT2D eigenvalue weighted by atomic mass is 16.6. The molecule has 1 amide bonds. The molecular weight excluding hydrogens is 268 g/mol. The zero-order chi connectivity index (χ0) is 15.5. The molecule has 0 atom stereocenters. The van der Waals surface area contributed by atoms with E-state index in [1.54, 1.807) is 17.2 Å². The summed E-state index contributed by atoms with van der Waals surface area (Å²) in [6, 6.07) is 5.76. The maximum absolute atomic E-state index is 12.0. The molecule has 0 aliphatic carbocycles. The summed E-state index contributed by atoms with van der Waals surface area (Å²) in [5, 5.41) is 8.79. The maximum atomic E-state index is 12.0. The fraction of sp³-hybridized carbons (Fsp3) is 0.533. The Bertz CT molecular complexity index is 534. The van der Waals surface area contributed by atoms with Gasteiger partial charge in [-0.1, -0.05) is 0 Å². The second-order valence-corrected chi connectivity index (χ2v) is 6.03. The average molecular weight is 289 g/mol. The van der Waals surface area contributed by atoms with Gasteiger partial charge in [0, 0.05) is 6.07 Å². The number of ether oxygens (including phenoxy) is 1. The van der Waals surface area contributed by atoms with Gasteiger partial charge in [0.1, 0.15) is 31.0 Å². The van der Waals surface area contributed by atoms with Gasteiger partial charge in [0.05, 0.1) is 18.7 Å². The summed E-state index contributed by atoms with van der Waals surface area (Å²) in [5.74, 6) is 0.956. The predicted molar refractivity (Wildman–Crippen MR) is 77.7 cm³/mol. The summed E-state index contributed by atoms with van der Waals surface area (Å²) >= 11 is 0. The van der Waals surface area contributed by atoms with Crippen LogP contribution in [0.1, 0.15) is 26.3 Å². The number of hydrogen-bond donors (Lipinski definition) is 0. The highest BCUT2D eigenvalue weighted by molar-refractivity contribution is 5.68. The molecule has 1 aliphatic heterocycles. The van der Waals surface area contributed by atoms with Crippen molar-refractivity contribution in [1.82, 2.24) is 4.90 Å². The zero-order valence-corrected chi connectivity index (χ0v) is 12.7. The standard InChI is InChI=1S/C15H20N4O2/c1-15(2,3)21-14(20)19-8-6-18(7-9-19)13-5-4-12(10-16)11-17-13/h4-5,11H,6-9H2,1-3H3/p+1. The topological polar surface area (TPSA) is 70.7 Å². The highest BCUT2D eigenvalue weighted by Crippen LogP contribution is 2.14. The summed E-state index contributed by atoms with van der Waals surface area (Å²) in [4.78, 5) is 19.0. The molecule has 2 heterocycles. The van der Waals surface area contributed by atoms with Crippen LogP contribution in [0.15, 0.2) is 18.3 Å². The van der Waals surface area contributed by atoms with Crippen LogP contribution >= 0.6 is 0 Å². The van der Waals surface area contributed by atoms with E-state index in [4.69, 9.17) is 10.00 Å². The number of carbonyl (C=O) groups is 1. The lowest BCUT2D eigenvalue weighted by Gasteiger charge is -2.32. The van der Waals surface area contributed by atoms with Gasteiger partial charge in [-0.3, -0.25) is 4.90 Å². The zero-order valence-electron chi connectivity index (χ0n) is 12.7. The molecule has 1 fully saturated rings. The number of rotatable bonds is 1. The van der Waals surface area contributed by atoms with Gasteiger partial charge in [0.15, 0.2) is 0 Å². The third-order valence-electron chi connectivity index (χ3n) is 3.20. The minimum Gasteiger partial charge on any atom is -0.444 e. The van der Waals surface area contributed by atoms with E-state index in [2.05, 4.69) is 16.0 Å². The van der Waals surface area contributed by atoms with E-state index in [0.29, 0.717) is 18.7 Å². The van der Waals surface area contributed by atoms with Crippen molar-refractivity contribution in [2.75, 3.05) is 31.1 Å². The lowest BCUT2D eigenvalue weighted by molar-refractivity contribution is -0.364. The Morgan fingerprint density at radius 3 is 2.43 bits per heavy atom. The normalized spacial score (nSPS) is 15.5. The first-order valence-corrected chi connectivity index (χ1v) is 7.04. The first kappa shape index (κ1) is 15.1. The number of H-pyrrole nitrogens is 1. The van der Waals surface area contributed by atoms with E-state index in [0.717, 1.165) is 18.9 Å². The second kappa shape index (κ2) is 6.00. The van der Waals surface area contributed by atoms with Crippen LogP contribution in [-0.2, 0) is 4.74 Å². The van der Waals surface area contributed by atoms with Crippen molar-refractivity contribution >= 4 is 11.9 Å². The minimum absolute atomic E-state index is 0.258. The number of aromatic amines is 1. The van der Waals surface area contributed by atoms with Crippen molar-refractivity contribution in [1.29, 1.82) is 5.26 Å². The fourth-order valence-corrected chi connectivity index (χ4v) is 2.14. The Labute approximate surface area is 124 Å². The van der Waals surface area contributed by atoms with Gasteiger partial charge in [-0.15, -0.1) is 0 Å². The van der Waals surface area contributed by atoms with Crippen LogP contribution in [0.3, 0.4) is 0 Å². The molecule has 0 saturated carbocycles. The van der Waals surface area contributed by atoms with E-state index >= 15 is 0 Å². The first-order chi connectivity index (χ1) is 9.89. The summed E-state index contributed by atoms with van der Waals surface area (Å²) in [6.45, 7) is 8.33. The largest absolute Gasteiger partial charge is 0.444 e. The molecule has 0 radical (unpaired) electrons. The molecule has 0 unspecified atom stereocenters. The number of piperazine rings is 1. The highest BCUT2D eigenvalue weighted by Gasteiger charge is 2.29. The molecule has 1 aromatic rings. The summed E-state index contributed by atoms with van der Waals surface area (Å²) in [7, 11) is 0. The number of nitrogens with one attached hydrogen (secondary N) is 1. The molecule has 0 spiro atoms. The smallest absolute Gasteiger partial charge is 0.410 e. The summed E-state index contributed by atoms with van der Waals surface area (Å²) < 4.78 is 5.37. The number of hydrogen-bond acceptors (Lipinski definition) is 4. The monoisotopic (exact) mass is 289 g/mol. The molecule has 112 valence electrons. The molecule has 0 bridgehead atoms. The predicted octanol–water partition coefficient (Wildman–Crippen LogP) is 1.43. The molecular formula is C15H21N4O2+. The van der Waals surface area contributed by atoms with Crippen LogP contribution in [0.2, 0.25) is 0 Å². The van der Waals surface area contributed by atoms with Gasteiger partial charge >= 0.3 is 6.09 Å². The Kier molecular flexibility index (Phi) is 4.32. The van der Waals surface area contributed by atoms with Gasteiger partial charge in [0.25, 0.3) is 5.82 Å². The van der Waals surface area contributed by atoms with Gasteiger partial charge in [-0.2, -0.15) is 5.26 Å². The number of nitriles is 1. The minimum atomic E-state index is -0.463. The van der Waals surface area contributed by atoms with Gasteiger partial charge in [-0.05, 0) is 26.8 Å². The molecule has 0 aromatic carbocycles. The number of amides is 1. The van der Waals surface area contributed by atoms with Crippen molar-refractivity contribution in [2.24, 2.45) is 0 Å². The molecule has 1 aromatic heterocycles. The lowest BCUT2D eigenvalue weighted by atomic mass is 10.2. The number of anilines is 1. The fourth-order valence-electron chi connectivity index (χ4n) is 2.14. The van der Waals surface area contributed by atoms with Crippen LogP contribution in [0, 0.1) is 11.3 Å². The van der Waals surface area contributed by atoms with Crippen molar-refractivity contribution in [3.8, 4) is 6.07 Å². The van der Waals surface area contributed by atoms with Crippen LogP contribution in [0.25, 0.3) is 0 Å². The molecule has 6 heteroatoms. The Hall–Kier alpha value is -2.29. The van der Waals surface area contributed by atoms with Gasteiger partial charge in [0.2, 0.25) is 0 Å². The quantitative estimate of drug-likeness (QED) is 0.784. The van der Waals surface area contributed by atoms with Crippen molar-refractivity contribution in [3.05, 3.63) is 23.9 Å². The SMILES string of the molecule is CC(C)(C)OC(=O)N1CCN(c2ccc(C#N)c[nH+]2)CC1. The van der Waals surface area contributed by atoms with E-state index in [1.165, 1.54) is 0 Å². The average Bonchev–Trinajstić information content (AvgIpc) is 2.46. The molecule has 1 N–H and O–H groups in total. The van der Waals surface area contributed by atoms with Gasteiger partial charge < -0.3 is 9.64 Å². The van der Waals surface area contributed by atoms with Crippen molar-refractivity contribution < 1.29 is 14.5 Å². The molecule has 21 heavy (non-hydrogen) atoms. The molecule has 1 aliphatic rings. The van der Waals surface area contributed by atoms with Crippen LogP contribution in [0.5, 0.6) is 0 Å². The van der Waals surface area contributed by atoms with E-state index < -0.39 is 5.60 Å². The Morgan fingerprint density at radius 1 is 1.29 bits per heavy atom. The third-order valence-corrected chi connectivity index (χ3v) is 3.20. The third kappa shape index (κ3) is 4.09. The van der Waals surface area contributed by atoms with Crippen LogP contribution < -0.4 is 9.88 Å². The number of aromatic nitrogens is 1. The lowest BCUT2D eigenvalue weighted by Crippen LogP contribution is -2.51. The Balaban J connectivity index is 1.91. The number of carbonyl (C=O) groups excluding carboxylic acids is 1. The molecule has 1 saturated heterocycles. The Morgan fingerprint density at radius 2 is 1.95 bits per heavy atom. The van der Waals surface area contributed by atoms with Crippen LogP contribution in [0.4, 0.5) is 10.6 Å². The second-order valence-electron chi connectivity index (χ2n) is 6.03. The maximum Gasteiger partial charge on any atom is 0.410 e. The van der Waals surface area contributed by atoms with Crippen molar-refractivity contribution in [2.45, 2.75) is 26.4 Å².